The molecule has 0 spiro atoms. The Hall–Kier alpha value is -3.83. The number of halogens is 2. The number of Topliss-reactive ketones (excluding diaryl/α,β-unsaturated/α-hetero) is 1. The molecule has 3 amide bonds. The van der Waals surface area contributed by atoms with Crippen LogP contribution < -0.4 is 16.0 Å². The summed E-state index contributed by atoms with van der Waals surface area (Å²) in [5, 5.41) is 8.13. The molecule has 2 aromatic rings. The Morgan fingerprint density at radius 3 is 2.47 bits per heavy atom. The van der Waals surface area contributed by atoms with Gasteiger partial charge < -0.3 is 25.7 Å². The van der Waals surface area contributed by atoms with Gasteiger partial charge in [0.1, 0.15) is 23.4 Å². The zero-order valence-electron chi connectivity index (χ0n) is 20.9. The first-order valence-electron chi connectivity index (χ1n) is 12.7. The van der Waals surface area contributed by atoms with Crippen LogP contribution in [0.2, 0.25) is 0 Å². The molecule has 1 saturated carbocycles. The van der Waals surface area contributed by atoms with Crippen molar-refractivity contribution in [2.75, 3.05) is 13.2 Å². The standard InChI is InChI=1S/C26H30F2N4O6/c1-2-22(34)38-12-21(33)18(9-14-5-6-29-24(14)35)31-25(36)19(7-13-3-4-13)32-26(37)20-10-15-8-16(27)11-17(28)23(15)30-20/h8,10-11,13-14,18-19,30H,2-7,9,12H2,1H3,(H,29,35)(H,31,36)(H,32,37)/t14-,18-,19-/m0/s1. The summed E-state index contributed by atoms with van der Waals surface area (Å²) >= 11 is 0. The predicted molar refractivity (Wildman–Crippen MR) is 131 cm³/mol. The molecule has 4 N–H and O–H groups in total. The Morgan fingerprint density at radius 2 is 1.82 bits per heavy atom. The third kappa shape index (κ3) is 6.73. The van der Waals surface area contributed by atoms with Gasteiger partial charge in [-0.3, -0.25) is 24.0 Å². The normalized spacial score (nSPS) is 18.5. The molecule has 2 aliphatic rings. The van der Waals surface area contributed by atoms with E-state index in [1.807, 2.05) is 0 Å². The Kier molecular flexibility index (Phi) is 8.38. The van der Waals surface area contributed by atoms with E-state index >= 15 is 0 Å². The van der Waals surface area contributed by atoms with Crippen LogP contribution in [-0.2, 0) is 23.9 Å². The van der Waals surface area contributed by atoms with Crippen LogP contribution in [-0.4, -0.2) is 59.7 Å². The smallest absolute Gasteiger partial charge is 0.305 e. The molecule has 38 heavy (non-hydrogen) atoms. The van der Waals surface area contributed by atoms with Gasteiger partial charge in [0.25, 0.3) is 5.91 Å². The Morgan fingerprint density at radius 1 is 1.05 bits per heavy atom. The zero-order valence-corrected chi connectivity index (χ0v) is 20.9. The summed E-state index contributed by atoms with van der Waals surface area (Å²) < 4.78 is 32.6. The van der Waals surface area contributed by atoms with Crippen molar-refractivity contribution in [3.05, 3.63) is 35.5 Å². The molecule has 1 aliphatic carbocycles. The fourth-order valence-corrected chi connectivity index (χ4v) is 4.49. The highest BCUT2D eigenvalue weighted by Gasteiger charge is 2.35. The molecule has 1 saturated heterocycles. The van der Waals surface area contributed by atoms with Gasteiger partial charge in [-0.25, -0.2) is 8.78 Å². The summed E-state index contributed by atoms with van der Waals surface area (Å²) in [4.78, 5) is 65.4. The van der Waals surface area contributed by atoms with Gasteiger partial charge >= 0.3 is 5.97 Å². The van der Waals surface area contributed by atoms with Crippen molar-refractivity contribution in [2.45, 2.75) is 57.5 Å². The minimum atomic E-state index is -1.11. The van der Waals surface area contributed by atoms with Gasteiger partial charge in [-0.05, 0) is 37.3 Å². The fourth-order valence-electron chi connectivity index (χ4n) is 4.49. The number of amides is 3. The molecule has 2 fully saturated rings. The van der Waals surface area contributed by atoms with Crippen molar-refractivity contribution in [1.82, 2.24) is 20.9 Å². The molecule has 0 bridgehead atoms. The number of aromatic nitrogens is 1. The number of ketones is 1. The van der Waals surface area contributed by atoms with Crippen LogP contribution in [0.1, 0.15) is 55.9 Å². The van der Waals surface area contributed by atoms with Gasteiger partial charge in [0.2, 0.25) is 11.8 Å². The van der Waals surface area contributed by atoms with Gasteiger partial charge in [0, 0.05) is 30.3 Å². The molecule has 4 rings (SSSR count). The number of hydrogen-bond donors (Lipinski definition) is 4. The molecular formula is C26H30F2N4O6. The Balaban J connectivity index is 1.48. The van der Waals surface area contributed by atoms with Gasteiger partial charge in [0.15, 0.2) is 12.4 Å². The molecule has 1 aliphatic heterocycles. The van der Waals surface area contributed by atoms with Crippen LogP contribution in [0.5, 0.6) is 0 Å². The number of rotatable bonds is 12. The van der Waals surface area contributed by atoms with Gasteiger partial charge in [0.05, 0.1) is 11.6 Å². The minimum absolute atomic E-state index is 0.0248. The van der Waals surface area contributed by atoms with E-state index in [0.29, 0.717) is 25.5 Å². The molecular weight excluding hydrogens is 502 g/mol. The summed E-state index contributed by atoms with van der Waals surface area (Å²) in [5.41, 5.74) is -0.0956. The maximum absolute atomic E-state index is 14.1. The van der Waals surface area contributed by atoms with Crippen molar-refractivity contribution in [2.24, 2.45) is 11.8 Å². The topological polar surface area (TPSA) is 146 Å². The molecule has 3 atom stereocenters. The number of esters is 1. The van der Waals surface area contributed by atoms with Crippen LogP contribution in [0.25, 0.3) is 10.9 Å². The Bertz CT molecular complexity index is 1260. The number of H-pyrrole nitrogens is 1. The van der Waals surface area contributed by atoms with Crippen LogP contribution in [0.3, 0.4) is 0 Å². The number of carbonyl (C=O) groups excluding carboxylic acids is 5. The van der Waals surface area contributed by atoms with Crippen LogP contribution in [0, 0.1) is 23.5 Å². The third-order valence-electron chi connectivity index (χ3n) is 6.83. The van der Waals surface area contributed by atoms with Crippen molar-refractivity contribution in [3.63, 3.8) is 0 Å². The second-order valence-electron chi connectivity index (χ2n) is 9.79. The molecule has 0 unspecified atom stereocenters. The quantitative estimate of drug-likeness (QED) is 0.307. The van der Waals surface area contributed by atoms with Gasteiger partial charge in [-0.2, -0.15) is 0 Å². The van der Waals surface area contributed by atoms with E-state index in [1.165, 1.54) is 6.07 Å². The average molecular weight is 533 g/mol. The summed E-state index contributed by atoms with van der Waals surface area (Å²) in [6.07, 6.45) is 2.68. The molecule has 10 nitrogen and oxygen atoms in total. The first-order valence-corrected chi connectivity index (χ1v) is 12.7. The number of fused-ring (bicyclic) bond motifs is 1. The molecule has 12 heteroatoms. The van der Waals surface area contributed by atoms with Gasteiger partial charge in [-0.1, -0.05) is 19.8 Å². The highest BCUT2D eigenvalue weighted by atomic mass is 19.1. The van der Waals surface area contributed by atoms with Crippen molar-refractivity contribution < 1.29 is 37.5 Å². The van der Waals surface area contributed by atoms with E-state index in [4.69, 9.17) is 4.74 Å². The van der Waals surface area contributed by atoms with E-state index in [-0.39, 0.29) is 41.3 Å². The average Bonchev–Trinajstić information content (AvgIpc) is 3.44. The number of nitrogens with one attached hydrogen (secondary N) is 4. The predicted octanol–water partition coefficient (Wildman–Crippen LogP) is 1.88. The minimum Gasteiger partial charge on any atom is -0.458 e. The van der Waals surface area contributed by atoms with E-state index < -0.39 is 59.8 Å². The summed E-state index contributed by atoms with van der Waals surface area (Å²) in [5.74, 6) is -4.62. The SMILES string of the molecule is CCC(=O)OCC(=O)[C@H](C[C@@H]1CCNC1=O)NC(=O)[C@H](CC1CC1)NC(=O)c1cc2cc(F)cc(F)c2[nH]1. The van der Waals surface area contributed by atoms with E-state index in [0.717, 1.165) is 18.9 Å². The highest BCUT2D eigenvalue weighted by Crippen LogP contribution is 2.33. The van der Waals surface area contributed by atoms with E-state index in [2.05, 4.69) is 20.9 Å². The van der Waals surface area contributed by atoms with Crippen molar-refractivity contribution in [1.29, 1.82) is 0 Å². The molecule has 0 radical (unpaired) electrons. The van der Waals surface area contributed by atoms with E-state index in [1.54, 1.807) is 6.92 Å². The second kappa shape index (κ2) is 11.7. The van der Waals surface area contributed by atoms with Crippen LogP contribution in [0.4, 0.5) is 8.78 Å². The van der Waals surface area contributed by atoms with E-state index in [9.17, 15) is 32.8 Å². The first-order chi connectivity index (χ1) is 18.1. The number of benzene rings is 1. The summed E-state index contributed by atoms with van der Waals surface area (Å²) in [7, 11) is 0. The largest absolute Gasteiger partial charge is 0.458 e. The lowest BCUT2D eigenvalue weighted by Crippen LogP contribution is -2.53. The molecule has 2 heterocycles. The molecule has 1 aromatic carbocycles. The summed E-state index contributed by atoms with van der Waals surface area (Å²) in [6, 6.07) is 0.943. The summed E-state index contributed by atoms with van der Waals surface area (Å²) in [6.45, 7) is 1.49. The van der Waals surface area contributed by atoms with Gasteiger partial charge in [-0.15, -0.1) is 0 Å². The first kappa shape index (κ1) is 27.2. The fraction of sp³-hybridized carbons (Fsp3) is 0.500. The number of carbonyl (C=O) groups is 5. The maximum Gasteiger partial charge on any atom is 0.305 e. The highest BCUT2D eigenvalue weighted by molar-refractivity contribution is 6.01. The number of ether oxygens (including phenoxy) is 1. The second-order valence-corrected chi connectivity index (χ2v) is 9.79. The zero-order chi connectivity index (χ0) is 27.4. The lowest BCUT2D eigenvalue weighted by molar-refractivity contribution is -0.148. The van der Waals surface area contributed by atoms with Crippen molar-refractivity contribution >= 4 is 40.4 Å². The number of aromatic amines is 1. The number of hydrogen-bond acceptors (Lipinski definition) is 6. The molecule has 204 valence electrons. The van der Waals surface area contributed by atoms with Crippen LogP contribution in [0.15, 0.2) is 18.2 Å². The van der Waals surface area contributed by atoms with Crippen molar-refractivity contribution in [3.8, 4) is 0 Å². The lowest BCUT2D eigenvalue weighted by atomic mass is 9.95. The third-order valence-corrected chi connectivity index (χ3v) is 6.83. The monoisotopic (exact) mass is 532 g/mol. The lowest BCUT2D eigenvalue weighted by Gasteiger charge is -2.24. The maximum atomic E-state index is 14.1. The van der Waals surface area contributed by atoms with Crippen LogP contribution >= 0.6 is 0 Å². The molecule has 1 aromatic heterocycles. The Labute approximate surface area is 217 Å².